The molecular formula is C17H38ClN3O. The minimum Gasteiger partial charge on any atom is -1.00 e. The van der Waals surface area contributed by atoms with Gasteiger partial charge < -0.3 is 17.7 Å². The van der Waals surface area contributed by atoms with Crippen molar-refractivity contribution in [1.29, 1.82) is 0 Å². The largest absolute Gasteiger partial charge is 1.00 e. The van der Waals surface area contributed by atoms with Crippen molar-refractivity contribution in [2.24, 2.45) is 0 Å². The van der Waals surface area contributed by atoms with E-state index in [2.05, 4.69) is 17.7 Å². The van der Waals surface area contributed by atoms with E-state index >= 15 is 0 Å². The van der Waals surface area contributed by atoms with Crippen molar-refractivity contribution in [1.82, 2.24) is 10.7 Å². The number of halogens is 1. The van der Waals surface area contributed by atoms with Gasteiger partial charge in [-0.25, -0.2) is 9.39 Å². The van der Waals surface area contributed by atoms with Gasteiger partial charge in [-0.1, -0.05) is 58.3 Å². The van der Waals surface area contributed by atoms with Gasteiger partial charge in [-0.2, -0.15) is 5.43 Å². The van der Waals surface area contributed by atoms with Crippen molar-refractivity contribution in [3.8, 4) is 0 Å². The fourth-order valence-electron chi connectivity index (χ4n) is 2.53. The molecular weight excluding hydrogens is 298 g/mol. The second kappa shape index (κ2) is 15.4. The second-order valence-electron chi connectivity index (χ2n) is 6.56. The van der Waals surface area contributed by atoms with E-state index < -0.39 is 0 Å². The van der Waals surface area contributed by atoms with Crippen LogP contribution in [0, 0.1) is 0 Å². The molecule has 0 saturated heterocycles. The van der Waals surface area contributed by atoms with Crippen LogP contribution < -0.4 is 23.1 Å². The maximum Gasteiger partial charge on any atom is 0.359 e. The molecule has 22 heavy (non-hydrogen) atoms. The van der Waals surface area contributed by atoms with E-state index in [4.69, 9.17) is 0 Å². The van der Waals surface area contributed by atoms with Gasteiger partial charge in [-0.15, -0.1) is 0 Å². The Morgan fingerprint density at radius 2 is 1.27 bits per heavy atom. The Morgan fingerprint density at radius 1 is 0.818 bits per heavy atom. The first-order chi connectivity index (χ1) is 10.0. The predicted octanol–water partition coefficient (Wildman–Crippen LogP) is 1.22. The maximum absolute atomic E-state index is 11.5. The summed E-state index contributed by atoms with van der Waals surface area (Å²) in [4.78, 5) is 11.5. The van der Waals surface area contributed by atoms with Gasteiger partial charge >= 0.3 is 6.03 Å². The summed E-state index contributed by atoms with van der Waals surface area (Å²) in [5.41, 5.74) is 2.98. The Kier molecular flexibility index (Phi) is 16.7. The fourth-order valence-corrected chi connectivity index (χ4v) is 2.53. The number of carbonyl (C=O) groups excluding carboxylic acids is 1. The quantitative estimate of drug-likeness (QED) is 0.296. The highest BCUT2D eigenvalue weighted by atomic mass is 35.5. The molecule has 0 aromatic heterocycles. The van der Waals surface area contributed by atoms with Crippen LogP contribution in [0.2, 0.25) is 0 Å². The highest BCUT2D eigenvalue weighted by molar-refractivity contribution is 5.72. The summed E-state index contributed by atoms with van der Waals surface area (Å²) in [5.74, 6) is 0. The van der Waals surface area contributed by atoms with E-state index in [1.165, 1.54) is 64.2 Å². The van der Waals surface area contributed by atoms with Crippen molar-refractivity contribution in [3.05, 3.63) is 0 Å². The molecule has 5 heteroatoms. The molecule has 0 fully saturated rings. The van der Waals surface area contributed by atoms with E-state index in [9.17, 15) is 4.79 Å². The van der Waals surface area contributed by atoms with E-state index in [1.54, 1.807) is 0 Å². The third-order valence-corrected chi connectivity index (χ3v) is 3.81. The highest BCUT2D eigenvalue weighted by Gasteiger charge is 2.17. The lowest BCUT2D eigenvalue weighted by molar-refractivity contribution is -0.925. The van der Waals surface area contributed by atoms with Gasteiger partial charge in [0.15, 0.2) is 0 Å². The van der Waals surface area contributed by atoms with Crippen molar-refractivity contribution >= 4 is 6.03 Å². The van der Waals surface area contributed by atoms with Crippen molar-refractivity contribution in [2.45, 2.75) is 78.1 Å². The average Bonchev–Trinajstić information content (AvgIpc) is 2.40. The van der Waals surface area contributed by atoms with Gasteiger partial charge in [0.05, 0.1) is 14.1 Å². The molecule has 0 saturated carbocycles. The molecule has 0 rings (SSSR count). The molecule has 0 unspecified atom stereocenters. The van der Waals surface area contributed by atoms with Crippen LogP contribution >= 0.6 is 0 Å². The van der Waals surface area contributed by atoms with Gasteiger partial charge in [0.2, 0.25) is 0 Å². The molecule has 0 spiro atoms. The Morgan fingerprint density at radius 3 is 1.73 bits per heavy atom. The van der Waals surface area contributed by atoms with Crippen LogP contribution in [0.25, 0.3) is 0 Å². The number of amides is 2. The first-order valence-corrected chi connectivity index (χ1v) is 8.91. The Labute approximate surface area is 144 Å². The summed E-state index contributed by atoms with van der Waals surface area (Å²) in [6, 6.07) is -0.0745. The molecule has 0 aliphatic rings. The predicted molar refractivity (Wildman–Crippen MR) is 91.0 cm³/mol. The zero-order chi connectivity index (χ0) is 16.0. The van der Waals surface area contributed by atoms with Crippen LogP contribution in [-0.2, 0) is 0 Å². The summed E-state index contributed by atoms with van der Waals surface area (Å²) in [6.07, 6.45) is 13.5. The molecule has 0 radical (unpaired) electrons. The fraction of sp³-hybridized carbons (Fsp3) is 0.941. The molecule has 2 N–H and O–H groups in total. The Hall–Kier alpha value is -0.480. The second-order valence-corrected chi connectivity index (χ2v) is 6.56. The van der Waals surface area contributed by atoms with Crippen LogP contribution in [-0.4, -0.2) is 37.8 Å². The first kappa shape index (κ1) is 23.8. The van der Waals surface area contributed by atoms with E-state index in [-0.39, 0.29) is 18.4 Å². The highest BCUT2D eigenvalue weighted by Crippen LogP contribution is 2.11. The third-order valence-electron chi connectivity index (χ3n) is 3.81. The summed E-state index contributed by atoms with van der Waals surface area (Å²) in [5, 5.41) is 2.78. The lowest BCUT2D eigenvalue weighted by Gasteiger charge is -2.28. The monoisotopic (exact) mass is 335 g/mol. The zero-order valence-corrected chi connectivity index (χ0v) is 16.0. The lowest BCUT2D eigenvalue weighted by Crippen LogP contribution is -3.00. The molecule has 2 amide bonds. The Balaban J connectivity index is 0. The van der Waals surface area contributed by atoms with Crippen molar-refractivity contribution < 1.29 is 21.8 Å². The van der Waals surface area contributed by atoms with Gasteiger partial charge in [0.25, 0.3) is 0 Å². The van der Waals surface area contributed by atoms with Crippen LogP contribution in [0.15, 0.2) is 0 Å². The Bertz CT molecular complexity index is 260. The summed E-state index contributed by atoms with van der Waals surface area (Å²) < 4.78 is 0.558. The summed E-state index contributed by atoms with van der Waals surface area (Å²) in [7, 11) is 4.09. The van der Waals surface area contributed by atoms with E-state index in [0.29, 0.717) is 11.1 Å². The number of rotatable bonds is 13. The van der Waals surface area contributed by atoms with Crippen molar-refractivity contribution in [2.75, 3.05) is 27.2 Å². The summed E-state index contributed by atoms with van der Waals surface area (Å²) in [6.45, 7) is 5.86. The number of hydrogen-bond donors (Lipinski definition) is 2. The molecule has 0 aromatic carbocycles. The SMILES string of the molecule is CCCCCCCCCCCC[N+](C)(C)NC(=O)NCC.[Cl-]. The zero-order valence-electron chi connectivity index (χ0n) is 15.2. The number of unbranched alkanes of at least 4 members (excludes halogenated alkanes) is 9. The maximum atomic E-state index is 11.5. The van der Waals surface area contributed by atoms with E-state index in [1.807, 2.05) is 21.0 Å². The lowest BCUT2D eigenvalue weighted by atomic mass is 10.1. The number of nitrogens with one attached hydrogen (secondary N) is 2. The summed E-state index contributed by atoms with van der Waals surface area (Å²) >= 11 is 0. The third kappa shape index (κ3) is 15.9. The minimum absolute atomic E-state index is 0. The van der Waals surface area contributed by atoms with Gasteiger partial charge in [0.1, 0.15) is 6.54 Å². The molecule has 0 aromatic rings. The number of nitrogens with zero attached hydrogens (tertiary/aromatic N) is 1. The normalized spacial score (nSPS) is 10.9. The van der Waals surface area contributed by atoms with Crippen LogP contribution in [0.4, 0.5) is 4.79 Å². The van der Waals surface area contributed by atoms with Gasteiger partial charge in [-0.3, -0.25) is 0 Å². The molecule has 134 valence electrons. The number of urea groups is 1. The smallest absolute Gasteiger partial charge is 0.359 e. The van der Waals surface area contributed by atoms with Crippen molar-refractivity contribution in [3.63, 3.8) is 0 Å². The standard InChI is InChI=1S/C17H37N3O.ClH/c1-5-7-8-9-10-11-12-13-14-15-16-20(3,4)19-17(21)18-6-2;/h5-16H2,1-4H3,(H-,18,19,21);1H. The topological polar surface area (TPSA) is 41.1 Å². The molecule has 0 aliphatic carbocycles. The number of hydrogen-bond acceptors (Lipinski definition) is 1. The van der Waals surface area contributed by atoms with Gasteiger partial charge in [0, 0.05) is 6.54 Å². The van der Waals surface area contributed by atoms with E-state index in [0.717, 1.165) is 6.54 Å². The van der Waals surface area contributed by atoms with Crippen LogP contribution in [0.5, 0.6) is 0 Å². The van der Waals surface area contributed by atoms with Crippen LogP contribution in [0.3, 0.4) is 0 Å². The first-order valence-electron chi connectivity index (χ1n) is 8.91. The minimum atomic E-state index is -0.0745. The molecule has 0 heterocycles. The van der Waals surface area contributed by atoms with Gasteiger partial charge in [-0.05, 0) is 19.8 Å². The molecule has 0 atom stereocenters. The number of carbonyl (C=O) groups is 1. The average molecular weight is 336 g/mol. The molecule has 4 nitrogen and oxygen atoms in total. The number of quaternary nitrogens is 1. The molecule has 0 bridgehead atoms. The van der Waals surface area contributed by atoms with Crippen LogP contribution in [0.1, 0.15) is 78.1 Å². The molecule has 0 aliphatic heterocycles.